The molecule has 0 spiro atoms. The van der Waals surface area contributed by atoms with Gasteiger partial charge >= 0.3 is 0 Å². The SMILES string of the molecule is CCc1ccc(-n2cnc3cc(Nc4ccc(C)nn4)ccc32)nc1-n1nc(C#N)cc1C. The van der Waals surface area contributed by atoms with Crippen molar-refractivity contribution in [2.45, 2.75) is 27.2 Å². The first-order valence-electron chi connectivity index (χ1n) is 10.6. The van der Waals surface area contributed by atoms with E-state index in [1.807, 2.05) is 60.9 Å². The lowest BCUT2D eigenvalue weighted by Gasteiger charge is -2.12. The van der Waals surface area contributed by atoms with E-state index in [0.29, 0.717) is 17.3 Å². The van der Waals surface area contributed by atoms with Crippen LogP contribution in [0, 0.1) is 25.2 Å². The van der Waals surface area contributed by atoms with Crippen LogP contribution in [0.2, 0.25) is 0 Å². The van der Waals surface area contributed by atoms with E-state index in [1.54, 1.807) is 17.1 Å². The standard InChI is InChI=1S/C24H21N9/c1-4-17-6-10-23(28-24(17)33-16(3)11-19(13-25)31-33)32-14-26-20-12-18(7-8-21(20)32)27-22-9-5-15(2)29-30-22/h5-12,14H,4H2,1-3H3,(H,27,30). The molecule has 0 saturated heterocycles. The number of hydrogen-bond acceptors (Lipinski definition) is 7. The number of aromatic nitrogens is 7. The average molecular weight is 435 g/mol. The first-order chi connectivity index (χ1) is 16.1. The third kappa shape index (κ3) is 3.78. The van der Waals surface area contributed by atoms with Crippen LogP contribution >= 0.6 is 0 Å². The summed E-state index contributed by atoms with van der Waals surface area (Å²) in [4.78, 5) is 9.47. The van der Waals surface area contributed by atoms with Crippen molar-refractivity contribution in [1.29, 1.82) is 5.26 Å². The molecule has 1 N–H and O–H groups in total. The number of nitriles is 1. The van der Waals surface area contributed by atoms with Crippen LogP contribution in [0.15, 0.2) is 54.9 Å². The van der Waals surface area contributed by atoms with Crippen molar-refractivity contribution in [2.24, 2.45) is 0 Å². The lowest BCUT2D eigenvalue weighted by Crippen LogP contribution is -2.09. The lowest BCUT2D eigenvalue weighted by atomic mass is 10.2. The van der Waals surface area contributed by atoms with Crippen LogP contribution in [0.1, 0.15) is 29.6 Å². The van der Waals surface area contributed by atoms with Gasteiger partial charge in [0.05, 0.1) is 16.7 Å². The zero-order valence-electron chi connectivity index (χ0n) is 18.5. The van der Waals surface area contributed by atoms with Crippen molar-refractivity contribution in [3.05, 3.63) is 77.5 Å². The van der Waals surface area contributed by atoms with Gasteiger partial charge in [-0.3, -0.25) is 4.57 Å². The number of hydrogen-bond donors (Lipinski definition) is 1. The number of pyridine rings is 1. The van der Waals surface area contributed by atoms with Gasteiger partial charge in [-0.2, -0.15) is 15.5 Å². The molecule has 0 saturated carbocycles. The summed E-state index contributed by atoms with van der Waals surface area (Å²) < 4.78 is 3.67. The molecule has 0 aliphatic rings. The van der Waals surface area contributed by atoms with Gasteiger partial charge in [0.25, 0.3) is 0 Å². The van der Waals surface area contributed by atoms with Crippen LogP contribution in [0.4, 0.5) is 11.5 Å². The minimum Gasteiger partial charge on any atom is -0.339 e. The van der Waals surface area contributed by atoms with Crippen LogP contribution in [0.25, 0.3) is 22.7 Å². The quantitative estimate of drug-likeness (QED) is 0.441. The van der Waals surface area contributed by atoms with Crippen LogP contribution in [0.5, 0.6) is 0 Å². The number of aryl methyl sites for hydroxylation is 3. The molecule has 4 heterocycles. The van der Waals surface area contributed by atoms with Gasteiger partial charge in [-0.15, -0.1) is 5.10 Å². The molecule has 4 aromatic heterocycles. The first-order valence-corrected chi connectivity index (χ1v) is 10.6. The van der Waals surface area contributed by atoms with E-state index in [0.717, 1.165) is 45.9 Å². The highest BCUT2D eigenvalue weighted by Crippen LogP contribution is 2.24. The van der Waals surface area contributed by atoms with Crippen LogP contribution in [-0.4, -0.2) is 34.5 Å². The number of fused-ring (bicyclic) bond motifs is 1. The molecule has 0 atom stereocenters. The fourth-order valence-electron chi connectivity index (χ4n) is 3.69. The van der Waals surface area contributed by atoms with E-state index in [-0.39, 0.29) is 0 Å². The summed E-state index contributed by atoms with van der Waals surface area (Å²) in [5, 5.41) is 25.1. The Morgan fingerprint density at radius 3 is 2.64 bits per heavy atom. The van der Waals surface area contributed by atoms with E-state index >= 15 is 0 Å². The Balaban J connectivity index is 1.53. The lowest BCUT2D eigenvalue weighted by molar-refractivity contribution is 0.790. The first kappa shape index (κ1) is 20.3. The molecule has 5 rings (SSSR count). The third-order valence-electron chi connectivity index (χ3n) is 5.39. The number of anilines is 2. The van der Waals surface area contributed by atoms with Crippen molar-refractivity contribution >= 4 is 22.5 Å². The highest BCUT2D eigenvalue weighted by molar-refractivity contribution is 5.82. The summed E-state index contributed by atoms with van der Waals surface area (Å²) in [6, 6.07) is 17.6. The van der Waals surface area contributed by atoms with E-state index in [1.165, 1.54) is 0 Å². The molecule has 0 radical (unpaired) electrons. The zero-order valence-corrected chi connectivity index (χ0v) is 18.5. The van der Waals surface area contributed by atoms with Gasteiger partial charge in [0.2, 0.25) is 0 Å². The van der Waals surface area contributed by atoms with E-state index < -0.39 is 0 Å². The second kappa shape index (κ2) is 8.16. The van der Waals surface area contributed by atoms with Crippen LogP contribution in [0.3, 0.4) is 0 Å². The summed E-state index contributed by atoms with van der Waals surface area (Å²) in [5.74, 6) is 2.11. The van der Waals surface area contributed by atoms with Crippen molar-refractivity contribution < 1.29 is 0 Å². The molecule has 0 amide bonds. The zero-order chi connectivity index (χ0) is 22.9. The Hall–Kier alpha value is -4.58. The monoisotopic (exact) mass is 435 g/mol. The average Bonchev–Trinajstić information content (AvgIpc) is 3.43. The summed E-state index contributed by atoms with van der Waals surface area (Å²) >= 11 is 0. The van der Waals surface area contributed by atoms with Gasteiger partial charge < -0.3 is 5.32 Å². The Bertz CT molecular complexity index is 1500. The second-order valence-corrected chi connectivity index (χ2v) is 7.70. The molecule has 0 aliphatic carbocycles. The molecule has 9 nitrogen and oxygen atoms in total. The summed E-state index contributed by atoms with van der Waals surface area (Å²) in [5.41, 5.74) is 5.76. The molecular formula is C24H21N9. The Labute approximate surface area is 190 Å². The molecule has 0 unspecified atom stereocenters. The molecule has 5 aromatic rings. The summed E-state index contributed by atoms with van der Waals surface area (Å²) in [6.45, 7) is 5.89. The fraction of sp³-hybridized carbons (Fsp3) is 0.167. The highest BCUT2D eigenvalue weighted by Gasteiger charge is 2.14. The van der Waals surface area contributed by atoms with Gasteiger partial charge in [-0.1, -0.05) is 13.0 Å². The van der Waals surface area contributed by atoms with E-state index in [9.17, 15) is 5.26 Å². The van der Waals surface area contributed by atoms with Crippen molar-refractivity contribution in [1.82, 2.24) is 34.5 Å². The predicted molar refractivity (Wildman–Crippen MR) is 125 cm³/mol. The number of nitrogens with zero attached hydrogens (tertiary/aromatic N) is 8. The van der Waals surface area contributed by atoms with Gasteiger partial charge in [0.1, 0.15) is 18.2 Å². The summed E-state index contributed by atoms with van der Waals surface area (Å²) in [6.07, 6.45) is 2.56. The maximum atomic E-state index is 9.23. The van der Waals surface area contributed by atoms with Crippen molar-refractivity contribution in [3.63, 3.8) is 0 Å². The van der Waals surface area contributed by atoms with Crippen molar-refractivity contribution in [3.8, 4) is 17.7 Å². The molecule has 9 heteroatoms. The Morgan fingerprint density at radius 1 is 1.03 bits per heavy atom. The predicted octanol–water partition coefficient (Wildman–Crippen LogP) is 4.19. The number of nitrogens with one attached hydrogen (secondary N) is 1. The van der Waals surface area contributed by atoms with Gasteiger partial charge in [0.15, 0.2) is 17.3 Å². The smallest absolute Gasteiger partial charge is 0.163 e. The molecular weight excluding hydrogens is 414 g/mol. The maximum Gasteiger partial charge on any atom is 0.163 e. The topological polar surface area (TPSA) is 110 Å². The second-order valence-electron chi connectivity index (χ2n) is 7.70. The third-order valence-corrected chi connectivity index (χ3v) is 5.39. The fourth-order valence-corrected chi connectivity index (χ4v) is 3.69. The number of benzene rings is 1. The molecule has 0 fully saturated rings. The Morgan fingerprint density at radius 2 is 1.91 bits per heavy atom. The maximum absolute atomic E-state index is 9.23. The van der Waals surface area contributed by atoms with Gasteiger partial charge in [0, 0.05) is 11.4 Å². The molecule has 0 bridgehead atoms. The van der Waals surface area contributed by atoms with Crippen LogP contribution in [-0.2, 0) is 6.42 Å². The molecule has 162 valence electrons. The number of imidazole rings is 1. The van der Waals surface area contributed by atoms with Crippen LogP contribution < -0.4 is 5.32 Å². The molecule has 1 aromatic carbocycles. The normalized spacial score (nSPS) is 11.0. The largest absolute Gasteiger partial charge is 0.339 e. The van der Waals surface area contributed by atoms with Gasteiger partial charge in [-0.25, -0.2) is 14.6 Å². The minimum atomic E-state index is 0.369. The molecule has 0 aliphatic heterocycles. The van der Waals surface area contributed by atoms with Crippen molar-refractivity contribution in [2.75, 3.05) is 5.32 Å². The summed E-state index contributed by atoms with van der Waals surface area (Å²) in [7, 11) is 0. The highest BCUT2D eigenvalue weighted by atomic mass is 15.3. The molecule has 33 heavy (non-hydrogen) atoms. The van der Waals surface area contributed by atoms with E-state index in [4.69, 9.17) is 4.98 Å². The van der Waals surface area contributed by atoms with E-state index in [2.05, 4.69) is 38.6 Å². The van der Waals surface area contributed by atoms with Gasteiger partial charge in [-0.05, 0) is 68.3 Å². The Kier molecular flexibility index (Phi) is 5.03. The minimum absolute atomic E-state index is 0.369. The number of rotatable bonds is 5.